The first-order chi connectivity index (χ1) is 11.6. The molecule has 0 fully saturated rings. The zero-order valence-electron chi connectivity index (χ0n) is 13.5. The van der Waals surface area contributed by atoms with Crippen LogP contribution in [-0.4, -0.2) is 57.3 Å². The van der Waals surface area contributed by atoms with Crippen LogP contribution < -0.4 is 14.2 Å². The molecule has 0 unspecified atom stereocenters. The van der Waals surface area contributed by atoms with Crippen molar-refractivity contribution in [2.45, 2.75) is 6.42 Å². The molecular weight excluding hydrogens is 316 g/mol. The lowest BCUT2D eigenvalue weighted by molar-refractivity contribution is -0.133. The number of methoxy groups -OCH3 is 1. The molecule has 0 aromatic heterocycles. The number of hydrogen-bond acceptors (Lipinski definition) is 7. The number of hydrogen-bond donors (Lipinski definition) is 0. The smallest absolute Gasteiger partial charge is 0.338 e. The third-order valence-corrected chi connectivity index (χ3v) is 3.38. The molecule has 0 saturated carbocycles. The van der Waals surface area contributed by atoms with E-state index in [1.54, 1.807) is 7.05 Å². The minimum Gasteiger partial charge on any atom is -0.493 e. The quantitative estimate of drug-likeness (QED) is 0.716. The molecule has 24 heavy (non-hydrogen) atoms. The molecule has 1 heterocycles. The van der Waals surface area contributed by atoms with Gasteiger partial charge in [-0.1, -0.05) is 0 Å². The molecule has 0 aliphatic carbocycles. The number of esters is 1. The number of nitrogens with zero attached hydrogens (tertiary/aromatic N) is 2. The van der Waals surface area contributed by atoms with Crippen molar-refractivity contribution in [3.05, 3.63) is 17.7 Å². The van der Waals surface area contributed by atoms with Crippen molar-refractivity contribution in [2.24, 2.45) is 0 Å². The molecule has 0 atom stereocenters. The normalized spacial score (nSPS) is 12.0. The molecule has 1 amide bonds. The molecule has 8 nitrogen and oxygen atoms in total. The Kier molecular flexibility index (Phi) is 5.84. The van der Waals surface area contributed by atoms with Crippen LogP contribution in [0.5, 0.6) is 17.2 Å². The molecule has 0 N–H and O–H groups in total. The summed E-state index contributed by atoms with van der Waals surface area (Å²) in [4.78, 5) is 25.3. The fourth-order valence-electron chi connectivity index (χ4n) is 2.05. The zero-order valence-corrected chi connectivity index (χ0v) is 13.5. The van der Waals surface area contributed by atoms with E-state index in [-0.39, 0.29) is 24.4 Å². The van der Waals surface area contributed by atoms with Gasteiger partial charge in [-0.2, -0.15) is 5.26 Å². The van der Waals surface area contributed by atoms with Gasteiger partial charge in [0, 0.05) is 13.6 Å². The van der Waals surface area contributed by atoms with Gasteiger partial charge in [-0.05, 0) is 12.1 Å². The summed E-state index contributed by atoms with van der Waals surface area (Å²) < 4.78 is 21.1. The van der Waals surface area contributed by atoms with Gasteiger partial charge >= 0.3 is 5.97 Å². The molecule has 1 aromatic carbocycles. The van der Waals surface area contributed by atoms with Gasteiger partial charge in [0.1, 0.15) is 13.2 Å². The fourth-order valence-corrected chi connectivity index (χ4v) is 2.05. The third kappa shape index (κ3) is 4.07. The highest BCUT2D eigenvalue weighted by atomic mass is 16.6. The van der Waals surface area contributed by atoms with Crippen molar-refractivity contribution < 1.29 is 28.5 Å². The lowest BCUT2D eigenvalue weighted by Gasteiger charge is -2.21. The van der Waals surface area contributed by atoms with Crippen LogP contribution >= 0.6 is 0 Å². The molecule has 128 valence electrons. The molecule has 2 rings (SSSR count). The van der Waals surface area contributed by atoms with Crippen LogP contribution in [-0.2, 0) is 9.53 Å². The van der Waals surface area contributed by atoms with E-state index in [4.69, 9.17) is 24.2 Å². The fraction of sp³-hybridized carbons (Fsp3) is 0.438. The third-order valence-electron chi connectivity index (χ3n) is 3.38. The molecule has 0 spiro atoms. The number of carbonyl (C=O) groups excluding carboxylic acids is 2. The number of rotatable bonds is 6. The molecule has 1 aromatic rings. The molecule has 1 aliphatic heterocycles. The number of ether oxygens (including phenoxy) is 4. The Balaban J connectivity index is 2.02. The second-order valence-corrected chi connectivity index (χ2v) is 5.00. The van der Waals surface area contributed by atoms with Crippen LogP contribution in [0.25, 0.3) is 0 Å². The predicted octanol–water partition coefficient (Wildman–Crippen LogP) is 0.995. The van der Waals surface area contributed by atoms with Gasteiger partial charge in [0.2, 0.25) is 5.75 Å². The Labute approximate surface area is 139 Å². The predicted molar refractivity (Wildman–Crippen MR) is 82.1 cm³/mol. The minimum absolute atomic E-state index is 0.198. The Morgan fingerprint density at radius 2 is 2.08 bits per heavy atom. The van der Waals surface area contributed by atoms with E-state index < -0.39 is 12.6 Å². The summed E-state index contributed by atoms with van der Waals surface area (Å²) in [6.45, 7) is 0.649. The maximum atomic E-state index is 12.1. The summed E-state index contributed by atoms with van der Waals surface area (Å²) >= 11 is 0. The zero-order chi connectivity index (χ0) is 17.5. The number of benzene rings is 1. The van der Waals surface area contributed by atoms with Gasteiger partial charge in [0.25, 0.3) is 5.91 Å². The topological polar surface area (TPSA) is 98.1 Å². The first-order valence-corrected chi connectivity index (χ1v) is 7.32. The maximum Gasteiger partial charge on any atom is 0.338 e. The molecule has 0 bridgehead atoms. The summed E-state index contributed by atoms with van der Waals surface area (Å²) in [5, 5.41) is 8.50. The minimum atomic E-state index is -0.674. The highest BCUT2D eigenvalue weighted by Gasteiger charge is 2.22. The number of fused-ring (bicyclic) bond motifs is 1. The molecule has 1 aliphatic rings. The molecule has 8 heteroatoms. The van der Waals surface area contributed by atoms with Gasteiger partial charge in [0.15, 0.2) is 18.1 Å². The number of amides is 1. The van der Waals surface area contributed by atoms with E-state index in [0.717, 1.165) is 0 Å². The Morgan fingerprint density at radius 1 is 1.33 bits per heavy atom. The molecule has 0 radical (unpaired) electrons. The Hall–Kier alpha value is -2.95. The second-order valence-electron chi connectivity index (χ2n) is 5.00. The summed E-state index contributed by atoms with van der Waals surface area (Å²) in [6.07, 6.45) is 0.218. The lowest BCUT2D eigenvalue weighted by Crippen LogP contribution is -2.32. The van der Waals surface area contributed by atoms with Crippen LogP contribution in [0.4, 0.5) is 0 Å². The van der Waals surface area contributed by atoms with Crippen molar-refractivity contribution >= 4 is 11.9 Å². The van der Waals surface area contributed by atoms with Crippen LogP contribution in [0.1, 0.15) is 16.8 Å². The Morgan fingerprint density at radius 3 is 2.79 bits per heavy atom. The summed E-state index contributed by atoms with van der Waals surface area (Å²) in [7, 11) is 3.00. The summed E-state index contributed by atoms with van der Waals surface area (Å²) in [5.41, 5.74) is 0.198. The van der Waals surface area contributed by atoms with E-state index in [9.17, 15) is 9.59 Å². The monoisotopic (exact) mass is 334 g/mol. The van der Waals surface area contributed by atoms with Crippen molar-refractivity contribution in [1.82, 2.24) is 4.90 Å². The maximum absolute atomic E-state index is 12.1. The van der Waals surface area contributed by atoms with Crippen molar-refractivity contribution in [1.29, 1.82) is 5.26 Å². The average Bonchev–Trinajstić information content (AvgIpc) is 2.62. The van der Waals surface area contributed by atoms with E-state index in [1.807, 2.05) is 6.07 Å². The van der Waals surface area contributed by atoms with Crippen molar-refractivity contribution in [2.75, 3.05) is 40.5 Å². The Bertz CT molecular complexity index is 650. The summed E-state index contributed by atoms with van der Waals surface area (Å²) in [6, 6.07) is 4.91. The van der Waals surface area contributed by atoms with E-state index in [2.05, 4.69) is 0 Å². The van der Waals surface area contributed by atoms with E-state index in [1.165, 1.54) is 24.1 Å². The van der Waals surface area contributed by atoms with Crippen molar-refractivity contribution in [3.63, 3.8) is 0 Å². The SMILES string of the molecule is COc1cc(C(=O)OCC(=O)N(C)CCC#N)cc2c1OCCO2. The van der Waals surface area contributed by atoms with Crippen LogP contribution in [0.3, 0.4) is 0 Å². The van der Waals surface area contributed by atoms with Gasteiger partial charge in [-0.25, -0.2) is 4.79 Å². The van der Waals surface area contributed by atoms with E-state index >= 15 is 0 Å². The van der Waals surface area contributed by atoms with Crippen LogP contribution in [0.15, 0.2) is 12.1 Å². The van der Waals surface area contributed by atoms with Gasteiger partial charge < -0.3 is 23.8 Å². The number of likely N-dealkylation sites (N-methyl/N-ethyl adjacent to an activating group) is 1. The first kappa shape index (κ1) is 17.4. The van der Waals surface area contributed by atoms with Gasteiger partial charge in [-0.3, -0.25) is 4.79 Å². The summed E-state index contributed by atoms with van der Waals surface area (Å²) in [5.74, 6) is 0.129. The highest BCUT2D eigenvalue weighted by Crippen LogP contribution is 2.40. The first-order valence-electron chi connectivity index (χ1n) is 7.32. The van der Waals surface area contributed by atoms with Gasteiger partial charge in [0.05, 0.1) is 25.2 Å². The van der Waals surface area contributed by atoms with Crippen LogP contribution in [0.2, 0.25) is 0 Å². The average molecular weight is 334 g/mol. The lowest BCUT2D eigenvalue weighted by atomic mass is 10.1. The van der Waals surface area contributed by atoms with Crippen molar-refractivity contribution in [3.8, 4) is 23.3 Å². The largest absolute Gasteiger partial charge is 0.493 e. The van der Waals surface area contributed by atoms with Gasteiger partial charge in [-0.15, -0.1) is 0 Å². The number of nitriles is 1. The molecule has 0 saturated heterocycles. The second kappa shape index (κ2) is 8.06. The number of carbonyl (C=O) groups is 2. The standard InChI is InChI=1S/C16H18N2O6/c1-18(5-3-4-17)14(19)10-24-16(20)11-8-12(21-2)15-13(9-11)22-6-7-23-15/h8-9H,3,5-7,10H2,1-2H3. The van der Waals surface area contributed by atoms with E-state index in [0.29, 0.717) is 30.5 Å². The van der Waals surface area contributed by atoms with Crippen LogP contribution in [0, 0.1) is 11.3 Å². The molecular formula is C16H18N2O6. The highest BCUT2D eigenvalue weighted by molar-refractivity contribution is 5.92.